The maximum Gasteiger partial charge on any atom is 0.149 e. The lowest BCUT2D eigenvalue weighted by molar-refractivity contribution is 0.434. The van der Waals surface area contributed by atoms with E-state index in [2.05, 4.69) is 18.4 Å². The van der Waals surface area contributed by atoms with Gasteiger partial charge in [0, 0.05) is 18.6 Å². The molecule has 22 heavy (non-hydrogen) atoms. The lowest BCUT2D eigenvalue weighted by Crippen LogP contribution is -2.27. The summed E-state index contributed by atoms with van der Waals surface area (Å²) in [5.41, 5.74) is 1.71. The first-order valence-corrected chi connectivity index (χ1v) is 7.73. The van der Waals surface area contributed by atoms with Crippen LogP contribution in [0.15, 0.2) is 59.5 Å². The number of hydrogen-bond acceptors (Lipinski definition) is 3. The molecule has 0 fully saturated rings. The van der Waals surface area contributed by atoms with Gasteiger partial charge < -0.3 is 9.64 Å². The molecule has 0 aromatic heterocycles. The van der Waals surface area contributed by atoms with Crippen LogP contribution >= 0.6 is 11.6 Å². The summed E-state index contributed by atoms with van der Waals surface area (Å²) in [5, 5.41) is 0.667. The average Bonchev–Trinajstić information content (AvgIpc) is 2.68. The van der Waals surface area contributed by atoms with Crippen molar-refractivity contribution in [3.63, 3.8) is 0 Å². The Labute approximate surface area is 137 Å². The summed E-state index contributed by atoms with van der Waals surface area (Å²) < 4.78 is 6.09. The van der Waals surface area contributed by atoms with Crippen LogP contribution in [0.1, 0.15) is 25.8 Å². The van der Waals surface area contributed by atoms with Gasteiger partial charge >= 0.3 is 0 Å². The number of halogens is 1. The molecule has 0 radical (unpaired) electrons. The monoisotopic (exact) mass is 316 g/mol. The molecule has 1 heterocycles. The molecule has 4 heteroatoms. The second-order valence-corrected chi connectivity index (χ2v) is 5.40. The number of nitrogens with zero attached hydrogens (tertiary/aromatic N) is 2. The minimum absolute atomic E-state index is 0.667. The van der Waals surface area contributed by atoms with E-state index in [1.54, 1.807) is 0 Å². The molecule has 1 aliphatic heterocycles. The van der Waals surface area contributed by atoms with Gasteiger partial charge in [0.05, 0.1) is 5.56 Å². The molecule has 0 amide bonds. The van der Waals surface area contributed by atoms with E-state index in [9.17, 15) is 0 Å². The van der Waals surface area contributed by atoms with Crippen LogP contribution in [-0.4, -0.2) is 24.3 Å². The van der Waals surface area contributed by atoms with Crippen LogP contribution in [0.25, 0.3) is 0 Å². The Morgan fingerprint density at radius 1 is 1.41 bits per heavy atom. The van der Waals surface area contributed by atoms with Crippen LogP contribution in [0.4, 0.5) is 0 Å². The predicted octanol–water partition coefficient (Wildman–Crippen LogP) is 4.79. The minimum atomic E-state index is 0.667. The third-order valence-electron chi connectivity index (χ3n) is 3.46. The zero-order valence-electron chi connectivity index (χ0n) is 13.3. The summed E-state index contributed by atoms with van der Waals surface area (Å²) >= 11 is 6.16. The number of allylic oxidation sites excluding steroid dienone is 3. The van der Waals surface area contributed by atoms with Gasteiger partial charge in [-0.15, -0.1) is 6.58 Å². The minimum Gasteiger partial charge on any atom is -0.455 e. The molecular formula is C18H21ClN2O. The van der Waals surface area contributed by atoms with E-state index in [1.165, 1.54) is 0 Å². The number of ether oxygens (including phenoxy) is 1. The zero-order chi connectivity index (χ0) is 16.1. The van der Waals surface area contributed by atoms with E-state index in [4.69, 9.17) is 21.3 Å². The first kappa shape index (κ1) is 16.4. The molecule has 0 bridgehead atoms. The van der Waals surface area contributed by atoms with Crippen LogP contribution in [0, 0.1) is 0 Å². The lowest BCUT2D eigenvalue weighted by Gasteiger charge is -2.19. The van der Waals surface area contributed by atoms with E-state index < -0.39 is 0 Å². The Morgan fingerprint density at radius 3 is 2.82 bits per heavy atom. The highest BCUT2D eigenvalue weighted by molar-refractivity contribution is 6.31. The molecule has 0 saturated heterocycles. The van der Waals surface area contributed by atoms with Gasteiger partial charge in [-0.05, 0) is 44.5 Å². The van der Waals surface area contributed by atoms with Gasteiger partial charge in [-0.25, -0.2) is 4.99 Å². The molecule has 0 saturated carbocycles. The van der Waals surface area contributed by atoms with Gasteiger partial charge in [0.15, 0.2) is 0 Å². The van der Waals surface area contributed by atoms with Crippen LogP contribution < -0.4 is 4.74 Å². The van der Waals surface area contributed by atoms with Crippen molar-refractivity contribution in [1.82, 2.24) is 4.90 Å². The third kappa shape index (κ3) is 3.42. The number of hydrogen-bond donors (Lipinski definition) is 0. The maximum atomic E-state index is 6.16. The lowest BCUT2D eigenvalue weighted by atomic mass is 10.1. The topological polar surface area (TPSA) is 24.8 Å². The van der Waals surface area contributed by atoms with Gasteiger partial charge in [0.1, 0.15) is 23.0 Å². The number of fused-ring (bicyclic) bond motifs is 1. The number of benzene rings is 1. The fourth-order valence-corrected chi connectivity index (χ4v) is 2.32. The summed E-state index contributed by atoms with van der Waals surface area (Å²) in [4.78, 5) is 6.88. The van der Waals surface area contributed by atoms with Crippen LogP contribution in [-0.2, 0) is 0 Å². The summed E-state index contributed by atoms with van der Waals surface area (Å²) in [5.74, 6) is 2.36. The van der Waals surface area contributed by atoms with Crippen molar-refractivity contribution in [2.75, 3.05) is 13.6 Å². The quantitative estimate of drug-likeness (QED) is 0.749. The summed E-state index contributed by atoms with van der Waals surface area (Å²) in [6.45, 7) is 8.63. The van der Waals surface area contributed by atoms with Crippen molar-refractivity contribution >= 4 is 17.4 Å². The summed E-state index contributed by atoms with van der Waals surface area (Å²) in [6.07, 6.45) is 6.50. The van der Waals surface area contributed by atoms with Crippen LogP contribution in [0.5, 0.6) is 5.75 Å². The fourth-order valence-electron chi connectivity index (χ4n) is 2.15. The standard InChI is InChI=1S/C18H21ClN2O/c1-5-8-9-17-15(6-2)20-18(21(4)7-3)14-12-13(19)10-11-16(14)22-17/h5-6,9-12H,1,7-8H2,2-4H3/b15-6+,17-9?. The molecule has 0 atom stereocenters. The van der Waals surface area contributed by atoms with E-state index in [-0.39, 0.29) is 0 Å². The van der Waals surface area contributed by atoms with E-state index in [0.29, 0.717) is 5.02 Å². The molecular weight excluding hydrogens is 296 g/mol. The molecule has 0 spiro atoms. The smallest absolute Gasteiger partial charge is 0.149 e. The van der Waals surface area contributed by atoms with Crippen LogP contribution in [0.3, 0.4) is 0 Å². The highest BCUT2D eigenvalue weighted by Crippen LogP contribution is 2.32. The first-order valence-electron chi connectivity index (χ1n) is 7.36. The van der Waals surface area contributed by atoms with Gasteiger partial charge in [0.2, 0.25) is 0 Å². The number of amidine groups is 1. The second kappa shape index (κ2) is 7.32. The Balaban J connectivity index is 2.63. The van der Waals surface area contributed by atoms with Crippen molar-refractivity contribution in [2.24, 2.45) is 4.99 Å². The van der Waals surface area contributed by atoms with Crippen molar-refractivity contribution in [3.05, 3.63) is 65.0 Å². The highest BCUT2D eigenvalue weighted by Gasteiger charge is 2.21. The normalized spacial score (nSPS) is 17.5. The number of aliphatic imine (C=N–C) groups is 1. The zero-order valence-corrected chi connectivity index (χ0v) is 14.0. The molecule has 0 N–H and O–H groups in total. The van der Waals surface area contributed by atoms with Crippen molar-refractivity contribution in [2.45, 2.75) is 20.3 Å². The van der Waals surface area contributed by atoms with Gasteiger partial charge in [-0.2, -0.15) is 0 Å². The van der Waals surface area contributed by atoms with E-state index in [1.807, 2.05) is 50.4 Å². The van der Waals surface area contributed by atoms with Gasteiger partial charge in [-0.3, -0.25) is 0 Å². The maximum absolute atomic E-state index is 6.16. The predicted molar refractivity (Wildman–Crippen MR) is 93.6 cm³/mol. The molecule has 1 aromatic rings. The first-order chi connectivity index (χ1) is 10.6. The molecule has 0 unspecified atom stereocenters. The molecule has 3 nitrogen and oxygen atoms in total. The SMILES string of the molecule is C=CCC=C1Oc2ccc(Cl)cc2C(N(C)CC)=N/C1=C/C. The molecule has 2 rings (SSSR count). The largest absolute Gasteiger partial charge is 0.455 e. The Kier molecular flexibility index (Phi) is 5.45. The second-order valence-electron chi connectivity index (χ2n) is 4.96. The third-order valence-corrected chi connectivity index (χ3v) is 3.70. The summed E-state index contributed by atoms with van der Waals surface area (Å²) in [6, 6.07) is 5.61. The van der Waals surface area contributed by atoms with Crippen LogP contribution in [0.2, 0.25) is 5.02 Å². The average molecular weight is 317 g/mol. The molecule has 1 aromatic carbocycles. The van der Waals surface area contributed by atoms with E-state index >= 15 is 0 Å². The number of rotatable bonds is 3. The van der Waals surface area contributed by atoms with Gasteiger partial charge in [-0.1, -0.05) is 23.8 Å². The molecule has 1 aliphatic rings. The fraction of sp³-hybridized carbons (Fsp3) is 0.278. The van der Waals surface area contributed by atoms with Crippen molar-refractivity contribution in [3.8, 4) is 5.75 Å². The van der Waals surface area contributed by atoms with Gasteiger partial charge in [0.25, 0.3) is 0 Å². The van der Waals surface area contributed by atoms with Crippen molar-refractivity contribution < 1.29 is 4.74 Å². The Morgan fingerprint density at radius 2 is 2.18 bits per heavy atom. The highest BCUT2D eigenvalue weighted by atomic mass is 35.5. The Hall–Kier alpha value is -2.00. The molecule has 0 aliphatic carbocycles. The van der Waals surface area contributed by atoms with Crippen molar-refractivity contribution in [1.29, 1.82) is 0 Å². The summed E-state index contributed by atoms with van der Waals surface area (Å²) in [7, 11) is 2.01. The Bertz CT molecular complexity index is 659. The molecule has 116 valence electrons. The van der Waals surface area contributed by atoms with E-state index in [0.717, 1.165) is 41.6 Å².